The molecule has 0 saturated carbocycles. The smallest absolute Gasteiger partial charge is 0.311 e. The number of ether oxygens (including phenoxy) is 1. The van der Waals surface area contributed by atoms with E-state index in [9.17, 15) is 4.79 Å². The molecule has 5 heteroatoms. The zero-order chi connectivity index (χ0) is 14.7. The van der Waals surface area contributed by atoms with E-state index in [1.807, 2.05) is 37.7 Å². The van der Waals surface area contributed by atoms with Crippen LogP contribution < -0.4 is 4.74 Å². The van der Waals surface area contributed by atoms with Crippen LogP contribution in [0.15, 0.2) is 24.3 Å². The van der Waals surface area contributed by atoms with Gasteiger partial charge in [-0.25, -0.2) is 0 Å². The van der Waals surface area contributed by atoms with Crippen LogP contribution in [0.4, 0.5) is 0 Å². The number of aromatic nitrogens is 2. The molecule has 2 aromatic rings. The molecule has 0 aliphatic carbocycles. The summed E-state index contributed by atoms with van der Waals surface area (Å²) in [4.78, 5) is 11.8. The molecule has 0 bridgehead atoms. The fraction of sp³-hybridized carbons (Fsp3) is 0.333. The second kappa shape index (κ2) is 6.39. The average molecular weight is 384 g/mol. The summed E-state index contributed by atoms with van der Waals surface area (Å²) < 4.78 is 8.27. The minimum atomic E-state index is -0.214. The van der Waals surface area contributed by atoms with Gasteiger partial charge in [-0.05, 0) is 72.7 Å². The molecule has 0 amide bonds. The number of benzene rings is 1. The van der Waals surface area contributed by atoms with Crippen LogP contribution in [-0.4, -0.2) is 15.7 Å². The van der Waals surface area contributed by atoms with Crippen LogP contribution in [0, 0.1) is 17.4 Å². The second-order valence-corrected chi connectivity index (χ2v) is 5.95. The van der Waals surface area contributed by atoms with Crippen molar-refractivity contribution >= 4 is 28.6 Å². The molecule has 0 saturated heterocycles. The minimum absolute atomic E-state index is 0.214. The third kappa shape index (κ3) is 3.59. The second-order valence-electron chi connectivity index (χ2n) is 4.70. The number of hydrogen-bond donors (Lipinski definition) is 0. The Bertz CT molecular complexity index is 618. The predicted molar refractivity (Wildman–Crippen MR) is 85.8 cm³/mol. The quantitative estimate of drug-likeness (QED) is 0.462. The molecular formula is C15H17IN2O2. The van der Waals surface area contributed by atoms with E-state index in [4.69, 9.17) is 4.74 Å². The van der Waals surface area contributed by atoms with E-state index in [2.05, 4.69) is 27.7 Å². The first-order valence-corrected chi connectivity index (χ1v) is 7.50. The Morgan fingerprint density at radius 3 is 2.50 bits per heavy atom. The first-order chi connectivity index (χ1) is 9.47. The summed E-state index contributed by atoms with van der Waals surface area (Å²) in [6.07, 6.45) is 1.02. The molecule has 20 heavy (non-hydrogen) atoms. The van der Waals surface area contributed by atoms with Crippen LogP contribution in [0.3, 0.4) is 0 Å². The molecule has 1 aromatic carbocycles. The van der Waals surface area contributed by atoms with Crippen molar-refractivity contribution in [2.45, 2.75) is 26.7 Å². The van der Waals surface area contributed by atoms with E-state index in [-0.39, 0.29) is 5.97 Å². The monoisotopic (exact) mass is 384 g/mol. The molecule has 0 radical (unpaired) electrons. The zero-order valence-corrected chi connectivity index (χ0v) is 14.0. The Morgan fingerprint density at radius 1 is 1.30 bits per heavy atom. The number of carbonyl (C=O) groups is 1. The SMILES string of the molecule is Cc1nn(C)c(C)c1CCC(=O)Oc1ccc(I)cc1. The summed E-state index contributed by atoms with van der Waals surface area (Å²) in [5.74, 6) is 0.379. The van der Waals surface area contributed by atoms with Crippen LogP contribution in [-0.2, 0) is 18.3 Å². The molecule has 0 unspecified atom stereocenters. The predicted octanol–water partition coefficient (Wildman–Crippen LogP) is 3.18. The fourth-order valence-electron chi connectivity index (χ4n) is 2.09. The maximum absolute atomic E-state index is 11.8. The van der Waals surface area contributed by atoms with Gasteiger partial charge in [-0.3, -0.25) is 9.48 Å². The minimum Gasteiger partial charge on any atom is -0.427 e. The molecule has 0 aliphatic rings. The van der Waals surface area contributed by atoms with Gasteiger partial charge in [-0.1, -0.05) is 0 Å². The standard InChI is InChI=1S/C15H17IN2O2/c1-10-14(11(2)18(3)17-10)8-9-15(19)20-13-6-4-12(16)5-7-13/h4-7H,8-9H2,1-3H3. The van der Waals surface area contributed by atoms with Crippen molar-refractivity contribution in [3.8, 4) is 5.75 Å². The van der Waals surface area contributed by atoms with Gasteiger partial charge in [-0.15, -0.1) is 0 Å². The van der Waals surface area contributed by atoms with Crippen molar-refractivity contribution in [1.29, 1.82) is 0 Å². The summed E-state index contributed by atoms with van der Waals surface area (Å²) in [5.41, 5.74) is 3.21. The van der Waals surface area contributed by atoms with E-state index in [1.54, 1.807) is 12.1 Å². The van der Waals surface area contributed by atoms with E-state index in [1.165, 1.54) is 0 Å². The van der Waals surface area contributed by atoms with Gasteiger partial charge in [0, 0.05) is 16.3 Å². The highest BCUT2D eigenvalue weighted by Gasteiger charge is 2.12. The molecule has 1 heterocycles. The summed E-state index contributed by atoms with van der Waals surface area (Å²) in [5, 5.41) is 4.35. The Balaban J connectivity index is 1.94. The van der Waals surface area contributed by atoms with Crippen LogP contribution >= 0.6 is 22.6 Å². The highest BCUT2D eigenvalue weighted by Crippen LogP contribution is 2.17. The van der Waals surface area contributed by atoms with Crippen molar-refractivity contribution in [2.75, 3.05) is 0 Å². The van der Waals surface area contributed by atoms with Crippen molar-refractivity contribution in [1.82, 2.24) is 9.78 Å². The van der Waals surface area contributed by atoms with Crippen molar-refractivity contribution < 1.29 is 9.53 Å². The number of aryl methyl sites for hydroxylation is 2. The van der Waals surface area contributed by atoms with E-state index in [0.717, 1.165) is 20.5 Å². The average Bonchev–Trinajstić information content (AvgIpc) is 2.64. The summed E-state index contributed by atoms with van der Waals surface area (Å²) in [6.45, 7) is 3.98. The summed E-state index contributed by atoms with van der Waals surface area (Å²) in [6, 6.07) is 7.44. The van der Waals surface area contributed by atoms with Gasteiger partial charge in [0.1, 0.15) is 5.75 Å². The molecule has 0 fully saturated rings. The molecule has 4 nitrogen and oxygen atoms in total. The lowest BCUT2D eigenvalue weighted by atomic mass is 10.1. The maximum Gasteiger partial charge on any atom is 0.311 e. The topological polar surface area (TPSA) is 44.1 Å². The van der Waals surface area contributed by atoms with Gasteiger partial charge in [0.2, 0.25) is 0 Å². The lowest BCUT2D eigenvalue weighted by Crippen LogP contribution is -2.09. The highest BCUT2D eigenvalue weighted by molar-refractivity contribution is 14.1. The van der Waals surface area contributed by atoms with Crippen molar-refractivity contribution in [3.05, 3.63) is 44.8 Å². The lowest BCUT2D eigenvalue weighted by molar-refractivity contribution is -0.134. The molecule has 106 valence electrons. The Kier molecular flexibility index (Phi) is 4.80. The first-order valence-electron chi connectivity index (χ1n) is 6.42. The van der Waals surface area contributed by atoms with E-state index in [0.29, 0.717) is 18.6 Å². The highest BCUT2D eigenvalue weighted by atomic mass is 127. The molecule has 0 atom stereocenters. The fourth-order valence-corrected chi connectivity index (χ4v) is 2.45. The Hall–Kier alpha value is -1.37. The Morgan fingerprint density at radius 2 is 1.95 bits per heavy atom. The molecular weight excluding hydrogens is 367 g/mol. The molecule has 2 rings (SSSR count). The van der Waals surface area contributed by atoms with Crippen LogP contribution in [0.1, 0.15) is 23.4 Å². The number of rotatable bonds is 4. The first kappa shape index (κ1) is 15.0. The third-order valence-corrected chi connectivity index (χ3v) is 4.00. The molecule has 0 N–H and O–H groups in total. The number of esters is 1. The molecule has 1 aromatic heterocycles. The van der Waals surface area contributed by atoms with Crippen LogP contribution in [0.2, 0.25) is 0 Å². The van der Waals surface area contributed by atoms with Gasteiger partial charge in [0.05, 0.1) is 12.1 Å². The number of hydrogen-bond acceptors (Lipinski definition) is 3. The summed E-state index contributed by atoms with van der Waals surface area (Å²) in [7, 11) is 1.91. The Labute approximate surface area is 132 Å². The molecule has 0 aliphatic heterocycles. The van der Waals surface area contributed by atoms with E-state index < -0.39 is 0 Å². The molecule has 0 spiro atoms. The van der Waals surface area contributed by atoms with Gasteiger partial charge in [0.25, 0.3) is 0 Å². The van der Waals surface area contributed by atoms with Crippen molar-refractivity contribution in [2.24, 2.45) is 7.05 Å². The van der Waals surface area contributed by atoms with Crippen LogP contribution in [0.5, 0.6) is 5.75 Å². The largest absolute Gasteiger partial charge is 0.427 e. The normalized spacial score (nSPS) is 10.6. The zero-order valence-electron chi connectivity index (χ0n) is 11.8. The lowest BCUT2D eigenvalue weighted by Gasteiger charge is -2.05. The van der Waals surface area contributed by atoms with Gasteiger partial charge >= 0.3 is 5.97 Å². The maximum atomic E-state index is 11.8. The van der Waals surface area contributed by atoms with Crippen molar-refractivity contribution in [3.63, 3.8) is 0 Å². The number of halogens is 1. The number of nitrogens with zero attached hydrogens (tertiary/aromatic N) is 2. The van der Waals surface area contributed by atoms with Crippen LogP contribution in [0.25, 0.3) is 0 Å². The van der Waals surface area contributed by atoms with Gasteiger partial charge in [0.15, 0.2) is 0 Å². The summed E-state index contributed by atoms with van der Waals surface area (Å²) >= 11 is 2.21. The van der Waals surface area contributed by atoms with E-state index >= 15 is 0 Å². The number of carbonyl (C=O) groups excluding carboxylic acids is 1. The van der Waals surface area contributed by atoms with Gasteiger partial charge in [-0.2, -0.15) is 5.10 Å². The van der Waals surface area contributed by atoms with Gasteiger partial charge < -0.3 is 4.74 Å². The third-order valence-electron chi connectivity index (χ3n) is 3.28.